The lowest BCUT2D eigenvalue weighted by atomic mass is 10.1. The number of hydrogen-bond acceptors (Lipinski definition) is 4. The minimum absolute atomic E-state index is 0.0302. The van der Waals surface area contributed by atoms with Gasteiger partial charge in [-0.1, -0.05) is 35.3 Å². The number of anilines is 1. The standard InChI is InChI=1S/C23H20Cl2FNO4/c1-2-30-22-10-14(12-27-15-7-8-16(23(28)29)19(25)11-15)6-9-21(22)31-13-17-18(24)4-3-5-20(17)26/h3-11,27H,2,12-13H2,1H3,(H,28,29). The van der Waals surface area contributed by atoms with Crippen molar-refractivity contribution in [2.45, 2.75) is 20.1 Å². The molecule has 0 fully saturated rings. The lowest BCUT2D eigenvalue weighted by molar-refractivity contribution is 0.0697. The molecule has 2 N–H and O–H groups in total. The Labute approximate surface area is 189 Å². The molecule has 0 heterocycles. The fraction of sp³-hybridized carbons (Fsp3) is 0.174. The van der Waals surface area contributed by atoms with E-state index >= 15 is 0 Å². The molecule has 0 saturated heterocycles. The molecule has 0 unspecified atom stereocenters. The summed E-state index contributed by atoms with van der Waals surface area (Å²) in [5, 5.41) is 12.7. The third kappa shape index (κ3) is 5.81. The zero-order valence-electron chi connectivity index (χ0n) is 16.6. The number of rotatable bonds is 9. The fourth-order valence-electron chi connectivity index (χ4n) is 2.87. The Morgan fingerprint density at radius 1 is 1.03 bits per heavy atom. The normalized spacial score (nSPS) is 10.6. The second-order valence-corrected chi connectivity index (χ2v) is 7.37. The van der Waals surface area contributed by atoms with Crippen molar-refractivity contribution >= 4 is 34.9 Å². The fourth-order valence-corrected chi connectivity index (χ4v) is 3.35. The van der Waals surface area contributed by atoms with E-state index < -0.39 is 11.8 Å². The topological polar surface area (TPSA) is 67.8 Å². The van der Waals surface area contributed by atoms with Crippen molar-refractivity contribution in [2.24, 2.45) is 0 Å². The molecule has 0 atom stereocenters. The van der Waals surface area contributed by atoms with Crippen LogP contribution in [0.5, 0.6) is 11.5 Å². The Bertz CT molecular complexity index is 1070. The number of carbonyl (C=O) groups is 1. The van der Waals surface area contributed by atoms with Crippen molar-refractivity contribution in [2.75, 3.05) is 11.9 Å². The summed E-state index contributed by atoms with van der Waals surface area (Å²) < 4.78 is 25.4. The van der Waals surface area contributed by atoms with E-state index in [1.165, 1.54) is 18.2 Å². The molecule has 31 heavy (non-hydrogen) atoms. The molecule has 0 aliphatic carbocycles. The number of nitrogens with one attached hydrogen (secondary N) is 1. The van der Waals surface area contributed by atoms with Crippen LogP contribution in [0.25, 0.3) is 0 Å². The Kier molecular flexibility index (Phi) is 7.60. The van der Waals surface area contributed by atoms with Crippen molar-refractivity contribution in [1.82, 2.24) is 0 Å². The summed E-state index contributed by atoms with van der Waals surface area (Å²) in [5.74, 6) is -0.517. The maximum absolute atomic E-state index is 14.0. The minimum Gasteiger partial charge on any atom is -0.490 e. The number of carboxylic acid groups (broad SMARTS) is 1. The average Bonchev–Trinajstić information content (AvgIpc) is 2.73. The van der Waals surface area contributed by atoms with Gasteiger partial charge in [0.15, 0.2) is 11.5 Å². The van der Waals surface area contributed by atoms with Gasteiger partial charge < -0.3 is 19.9 Å². The number of benzene rings is 3. The van der Waals surface area contributed by atoms with Crippen LogP contribution in [-0.4, -0.2) is 17.7 Å². The van der Waals surface area contributed by atoms with Gasteiger partial charge in [0.1, 0.15) is 12.4 Å². The molecule has 3 aromatic rings. The van der Waals surface area contributed by atoms with Crippen LogP contribution < -0.4 is 14.8 Å². The van der Waals surface area contributed by atoms with E-state index in [0.29, 0.717) is 35.4 Å². The number of halogens is 3. The van der Waals surface area contributed by atoms with Crippen LogP contribution in [0.4, 0.5) is 10.1 Å². The van der Waals surface area contributed by atoms with Gasteiger partial charge in [-0.25, -0.2) is 9.18 Å². The van der Waals surface area contributed by atoms with Crippen molar-refractivity contribution in [3.8, 4) is 11.5 Å². The molecule has 0 amide bonds. The van der Waals surface area contributed by atoms with Crippen molar-refractivity contribution in [3.63, 3.8) is 0 Å². The molecule has 0 aliphatic heterocycles. The maximum atomic E-state index is 14.0. The van der Waals surface area contributed by atoms with Crippen LogP contribution in [0.2, 0.25) is 10.0 Å². The summed E-state index contributed by atoms with van der Waals surface area (Å²) in [7, 11) is 0. The second kappa shape index (κ2) is 10.4. The number of ether oxygens (including phenoxy) is 2. The minimum atomic E-state index is -1.08. The van der Waals surface area contributed by atoms with Gasteiger partial charge in [0.25, 0.3) is 0 Å². The zero-order chi connectivity index (χ0) is 22.4. The molecule has 0 saturated carbocycles. The number of carboxylic acids is 1. The van der Waals surface area contributed by atoms with Crippen LogP contribution in [0, 0.1) is 5.82 Å². The summed E-state index contributed by atoms with van der Waals surface area (Å²) in [4.78, 5) is 11.1. The highest BCUT2D eigenvalue weighted by Crippen LogP contribution is 2.31. The highest BCUT2D eigenvalue weighted by atomic mass is 35.5. The van der Waals surface area contributed by atoms with Crippen LogP contribution in [0.1, 0.15) is 28.4 Å². The third-order valence-electron chi connectivity index (χ3n) is 4.44. The smallest absolute Gasteiger partial charge is 0.337 e. The zero-order valence-corrected chi connectivity index (χ0v) is 18.1. The van der Waals surface area contributed by atoms with E-state index in [1.54, 1.807) is 24.3 Å². The summed E-state index contributed by atoms with van der Waals surface area (Å²) in [6.07, 6.45) is 0. The van der Waals surface area contributed by atoms with Crippen molar-refractivity contribution in [1.29, 1.82) is 0 Å². The lowest BCUT2D eigenvalue weighted by Crippen LogP contribution is -2.04. The van der Waals surface area contributed by atoms with Crippen LogP contribution in [0.3, 0.4) is 0 Å². The van der Waals surface area contributed by atoms with Crippen molar-refractivity contribution in [3.05, 3.63) is 87.2 Å². The first-order chi connectivity index (χ1) is 14.9. The SMILES string of the molecule is CCOc1cc(CNc2ccc(C(=O)O)c(Cl)c2)ccc1OCc1c(F)cccc1Cl. The summed E-state index contributed by atoms with van der Waals surface area (Å²) in [6.45, 7) is 2.70. The number of hydrogen-bond donors (Lipinski definition) is 2. The summed E-state index contributed by atoms with van der Waals surface area (Å²) >= 11 is 12.1. The third-order valence-corrected chi connectivity index (χ3v) is 5.10. The van der Waals surface area contributed by atoms with Crippen LogP contribution in [0.15, 0.2) is 54.6 Å². The molecule has 0 bridgehead atoms. The molecular formula is C23H20Cl2FNO4. The van der Waals surface area contributed by atoms with E-state index in [4.69, 9.17) is 37.8 Å². The first kappa shape index (κ1) is 22.7. The average molecular weight is 464 g/mol. The highest BCUT2D eigenvalue weighted by Gasteiger charge is 2.12. The molecule has 162 valence electrons. The number of aromatic carboxylic acids is 1. The monoisotopic (exact) mass is 463 g/mol. The van der Waals surface area contributed by atoms with E-state index in [-0.39, 0.29) is 22.8 Å². The maximum Gasteiger partial charge on any atom is 0.337 e. The van der Waals surface area contributed by atoms with Crippen LogP contribution in [-0.2, 0) is 13.2 Å². The molecule has 0 radical (unpaired) electrons. The summed E-state index contributed by atoms with van der Waals surface area (Å²) in [6, 6.07) is 14.5. The molecule has 0 spiro atoms. The first-order valence-corrected chi connectivity index (χ1v) is 10.2. The second-order valence-electron chi connectivity index (χ2n) is 6.56. The van der Waals surface area contributed by atoms with Gasteiger partial charge in [-0.05, 0) is 55.0 Å². The first-order valence-electron chi connectivity index (χ1n) is 9.47. The Balaban J connectivity index is 1.71. The predicted molar refractivity (Wildman–Crippen MR) is 119 cm³/mol. The molecular weight excluding hydrogens is 444 g/mol. The molecule has 0 aliphatic rings. The van der Waals surface area contributed by atoms with Gasteiger partial charge in [0.2, 0.25) is 0 Å². The Hall–Kier alpha value is -2.96. The molecule has 5 nitrogen and oxygen atoms in total. The van der Waals surface area contributed by atoms with Gasteiger partial charge in [0, 0.05) is 17.8 Å². The van der Waals surface area contributed by atoms with Gasteiger partial charge in [0.05, 0.1) is 22.2 Å². The lowest BCUT2D eigenvalue weighted by Gasteiger charge is -2.15. The van der Waals surface area contributed by atoms with E-state index in [0.717, 1.165) is 5.56 Å². The molecule has 3 rings (SSSR count). The molecule has 3 aromatic carbocycles. The Morgan fingerprint density at radius 2 is 1.84 bits per heavy atom. The molecule has 0 aromatic heterocycles. The quantitative estimate of drug-likeness (QED) is 0.383. The van der Waals surface area contributed by atoms with Gasteiger partial charge in [-0.3, -0.25) is 0 Å². The van der Waals surface area contributed by atoms with Crippen LogP contribution >= 0.6 is 23.2 Å². The molecule has 8 heteroatoms. The largest absolute Gasteiger partial charge is 0.490 e. The highest BCUT2D eigenvalue weighted by molar-refractivity contribution is 6.33. The van der Waals surface area contributed by atoms with E-state index in [2.05, 4.69) is 5.32 Å². The van der Waals surface area contributed by atoms with E-state index in [1.807, 2.05) is 19.1 Å². The van der Waals surface area contributed by atoms with Crippen molar-refractivity contribution < 1.29 is 23.8 Å². The van der Waals surface area contributed by atoms with Gasteiger partial charge in [-0.15, -0.1) is 0 Å². The Morgan fingerprint density at radius 3 is 2.52 bits per heavy atom. The van der Waals surface area contributed by atoms with Gasteiger partial charge in [-0.2, -0.15) is 0 Å². The van der Waals surface area contributed by atoms with Gasteiger partial charge >= 0.3 is 5.97 Å². The summed E-state index contributed by atoms with van der Waals surface area (Å²) in [5.41, 5.74) is 1.90. The predicted octanol–water partition coefficient (Wildman–Crippen LogP) is 6.42. The van der Waals surface area contributed by atoms with E-state index in [9.17, 15) is 9.18 Å².